The first-order chi connectivity index (χ1) is 6.54. The second kappa shape index (κ2) is 3.05. The van der Waals surface area contributed by atoms with Gasteiger partial charge in [-0.1, -0.05) is 0 Å². The lowest BCUT2D eigenvalue weighted by Gasteiger charge is -2.20. The van der Waals surface area contributed by atoms with E-state index in [1.54, 1.807) is 6.26 Å². The van der Waals surface area contributed by atoms with Crippen LogP contribution in [0.1, 0.15) is 20.8 Å². The summed E-state index contributed by atoms with van der Waals surface area (Å²) in [5.74, 6) is 0.847. The van der Waals surface area contributed by atoms with Crippen LogP contribution in [0.5, 0.6) is 5.75 Å². The highest BCUT2D eigenvalue weighted by Gasteiger charge is 2.12. The molecule has 2 rings (SSSR count). The van der Waals surface area contributed by atoms with E-state index in [2.05, 4.69) is 0 Å². The van der Waals surface area contributed by atoms with Gasteiger partial charge < -0.3 is 9.15 Å². The van der Waals surface area contributed by atoms with Gasteiger partial charge in [0.25, 0.3) is 0 Å². The van der Waals surface area contributed by atoms with E-state index in [-0.39, 0.29) is 5.60 Å². The number of hydrogen-bond donors (Lipinski definition) is 0. The van der Waals surface area contributed by atoms with Gasteiger partial charge >= 0.3 is 0 Å². The van der Waals surface area contributed by atoms with Crippen molar-refractivity contribution < 1.29 is 9.15 Å². The third-order valence-corrected chi connectivity index (χ3v) is 1.85. The maximum atomic E-state index is 5.72. The summed E-state index contributed by atoms with van der Waals surface area (Å²) in [5.41, 5.74) is 0.701. The summed E-state index contributed by atoms with van der Waals surface area (Å²) in [4.78, 5) is 0. The lowest BCUT2D eigenvalue weighted by molar-refractivity contribution is 0.131. The molecule has 0 atom stereocenters. The monoisotopic (exact) mass is 190 g/mol. The van der Waals surface area contributed by atoms with Crippen LogP contribution in [0, 0.1) is 0 Å². The third-order valence-electron chi connectivity index (χ3n) is 1.85. The zero-order chi connectivity index (χ0) is 10.2. The van der Waals surface area contributed by atoms with Crippen molar-refractivity contribution in [3.63, 3.8) is 0 Å². The zero-order valence-electron chi connectivity index (χ0n) is 8.70. The summed E-state index contributed by atoms with van der Waals surface area (Å²) in [7, 11) is 0. The van der Waals surface area contributed by atoms with Crippen molar-refractivity contribution in [2.24, 2.45) is 0 Å². The van der Waals surface area contributed by atoms with Gasteiger partial charge in [-0.15, -0.1) is 0 Å². The fraction of sp³-hybridized carbons (Fsp3) is 0.333. The Hall–Kier alpha value is -1.44. The molecule has 0 radical (unpaired) electrons. The van der Waals surface area contributed by atoms with E-state index in [1.807, 2.05) is 45.0 Å². The maximum Gasteiger partial charge on any atom is 0.137 e. The van der Waals surface area contributed by atoms with Crippen molar-refractivity contribution in [1.29, 1.82) is 0 Å². The molecule has 0 amide bonds. The van der Waals surface area contributed by atoms with Crippen LogP contribution in [0.2, 0.25) is 0 Å². The van der Waals surface area contributed by atoms with Gasteiger partial charge in [-0.05, 0) is 39.0 Å². The first-order valence-electron chi connectivity index (χ1n) is 4.71. The minimum absolute atomic E-state index is 0.166. The van der Waals surface area contributed by atoms with Crippen LogP contribution in [-0.2, 0) is 0 Å². The molecule has 2 heteroatoms. The fourth-order valence-corrected chi connectivity index (χ4v) is 1.35. The average Bonchev–Trinajstić information content (AvgIpc) is 2.47. The number of benzene rings is 1. The van der Waals surface area contributed by atoms with Gasteiger partial charge in [0.1, 0.15) is 16.9 Å². The van der Waals surface area contributed by atoms with Crippen LogP contribution in [0.3, 0.4) is 0 Å². The van der Waals surface area contributed by atoms with Crippen LogP contribution in [-0.4, -0.2) is 5.60 Å². The fourth-order valence-electron chi connectivity index (χ4n) is 1.35. The highest BCUT2D eigenvalue weighted by molar-refractivity contribution is 5.78. The van der Waals surface area contributed by atoms with E-state index in [1.165, 1.54) is 0 Å². The third kappa shape index (κ3) is 1.90. The van der Waals surface area contributed by atoms with Crippen LogP contribution in [0.4, 0.5) is 0 Å². The van der Waals surface area contributed by atoms with Crippen LogP contribution in [0.15, 0.2) is 34.9 Å². The van der Waals surface area contributed by atoms with Gasteiger partial charge in [0.05, 0.1) is 6.26 Å². The first-order valence-corrected chi connectivity index (χ1v) is 4.71. The van der Waals surface area contributed by atoms with Crippen molar-refractivity contribution >= 4 is 11.0 Å². The van der Waals surface area contributed by atoms with Crippen molar-refractivity contribution in [2.75, 3.05) is 0 Å². The number of ether oxygens (including phenoxy) is 1. The highest BCUT2D eigenvalue weighted by Crippen LogP contribution is 2.24. The molecule has 0 aliphatic carbocycles. The maximum absolute atomic E-state index is 5.72. The highest BCUT2D eigenvalue weighted by atomic mass is 16.5. The van der Waals surface area contributed by atoms with Gasteiger partial charge in [-0.2, -0.15) is 0 Å². The molecule has 1 aromatic heterocycles. The van der Waals surface area contributed by atoms with Crippen LogP contribution < -0.4 is 4.74 Å². The van der Waals surface area contributed by atoms with E-state index in [4.69, 9.17) is 9.15 Å². The summed E-state index contributed by atoms with van der Waals surface area (Å²) >= 11 is 0. The van der Waals surface area contributed by atoms with E-state index < -0.39 is 0 Å². The van der Waals surface area contributed by atoms with E-state index in [0.717, 1.165) is 16.7 Å². The molecule has 0 spiro atoms. The second-order valence-electron chi connectivity index (χ2n) is 4.33. The van der Waals surface area contributed by atoms with Crippen LogP contribution in [0.25, 0.3) is 11.0 Å². The molecule has 0 aliphatic heterocycles. The molecule has 0 aliphatic rings. The molecule has 0 fully saturated rings. The van der Waals surface area contributed by atoms with Gasteiger partial charge in [0, 0.05) is 11.5 Å². The molecule has 0 saturated carbocycles. The predicted octanol–water partition coefficient (Wildman–Crippen LogP) is 3.61. The Morgan fingerprint density at radius 3 is 2.64 bits per heavy atom. The molecule has 14 heavy (non-hydrogen) atoms. The Morgan fingerprint density at radius 2 is 1.93 bits per heavy atom. The Morgan fingerprint density at radius 1 is 1.14 bits per heavy atom. The molecule has 1 heterocycles. The lowest BCUT2D eigenvalue weighted by Crippen LogP contribution is -2.22. The molecule has 2 aromatic rings. The predicted molar refractivity (Wildman–Crippen MR) is 56.6 cm³/mol. The zero-order valence-corrected chi connectivity index (χ0v) is 8.70. The molecule has 0 bridgehead atoms. The number of furan rings is 1. The minimum Gasteiger partial charge on any atom is -0.488 e. The summed E-state index contributed by atoms with van der Waals surface area (Å²) < 4.78 is 11.0. The minimum atomic E-state index is -0.166. The number of rotatable bonds is 1. The summed E-state index contributed by atoms with van der Waals surface area (Å²) in [5, 5.41) is 1.10. The van der Waals surface area contributed by atoms with E-state index >= 15 is 0 Å². The van der Waals surface area contributed by atoms with Gasteiger partial charge in [-0.3, -0.25) is 0 Å². The molecule has 1 aromatic carbocycles. The van der Waals surface area contributed by atoms with Crippen molar-refractivity contribution in [3.05, 3.63) is 30.5 Å². The molecule has 2 nitrogen and oxygen atoms in total. The molecule has 0 N–H and O–H groups in total. The van der Waals surface area contributed by atoms with Gasteiger partial charge in [0.15, 0.2) is 0 Å². The SMILES string of the molecule is CC(C)(C)Oc1ccc2ccoc2c1. The van der Waals surface area contributed by atoms with Gasteiger partial charge in [-0.25, -0.2) is 0 Å². The molecule has 74 valence electrons. The molecule has 0 saturated heterocycles. The average molecular weight is 190 g/mol. The largest absolute Gasteiger partial charge is 0.488 e. The van der Waals surface area contributed by atoms with Crippen LogP contribution >= 0.6 is 0 Å². The van der Waals surface area contributed by atoms with E-state index in [9.17, 15) is 0 Å². The Bertz CT molecular complexity index is 435. The first kappa shape index (κ1) is 9.13. The summed E-state index contributed by atoms with van der Waals surface area (Å²) in [6.45, 7) is 6.08. The topological polar surface area (TPSA) is 22.4 Å². The Labute approximate surface area is 83.5 Å². The van der Waals surface area contributed by atoms with Gasteiger partial charge in [0.2, 0.25) is 0 Å². The Balaban J connectivity index is 2.35. The lowest BCUT2D eigenvalue weighted by atomic mass is 10.2. The molecule has 0 unspecified atom stereocenters. The second-order valence-corrected chi connectivity index (χ2v) is 4.33. The quantitative estimate of drug-likeness (QED) is 0.685. The van der Waals surface area contributed by atoms with Crippen molar-refractivity contribution in [2.45, 2.75) is 26.4 Å². The molecular weight excluding hydrogens is 176 g/mol. The van der Waals surface area contributed by atoms with Crippen molar-refractivity contribution in [1.82, 2.24) is 0 Å². The number of hydrogen-bond acceptors (Lipinski definition) is 2. The number of fused-ring (bicyclic) bond motifs is 1. The summed E-state index contributed by atoms with van der Waals surface area (Å²) in [6, 6.07) is 7.82. The summed E-state index contributed by atoms with van der Waals surface area (Å²) in [6.07, 6.45) is 1.69. The standard InChI is InChI=1S/C12H14O2/c1-12(2,3)14-10-5-4-9-6-7-13-11(9)8-10/h4-8H,1-3H3. The Kier molecular flexibility index (Phi) is 1.99. The normalized spacial score (nSPS) is 11.9. The van der Waals surface area contributed by atoms with Crippen molar-refractivity contribution in [3.8, 4) is 5.75 Å². The molecular formula is C12H14O2. The smallest absolute Gasteiger partial charge is 0.137 e. The van der Waals surface area contributed by atoms with E-state index in [0.29, 0.717) is 0 Å².